The van der Waals surface area contributed by atoms with E-state index < -0.39 is 47.5 Å². The molecule has 0 aliphatic heterocycles. The fourth-order valence-electron chi connectivity index (χ4n) is 3.28. The number of hydrogen-bond acceptors (Lipinski definition) is 8. The van der Waals surface area contributed by atoms with Crippen molar-refractivity contribution in [2.24, 2.45) is 5.73 Å². The number of nitrogens with one attached hydrogen (secondary N) is 2. The molecule has 0 aliphatic carbocycles. The van der Waals surface area contributed by atoms with Crippen LogP contribution in [0.2, 0.25) is 0 Å². The third-order valence-electron chi connectivity index (χ3n) is 5.16. The summed E-state index contributed by atoms with van der Waals surface area (Å²) in [6.45, 7) is 5.01. The smallest absolute Gasteiger partial charge is 0.408 e. The molecule has 0 aliphatic rings. The van der Waals surface area contributed by atoms with Crippen LogP contribution in [-0.2, 0) is 35.3 Å². The zero-order chi connectivity index (χ0) is 28.8. The van der Waals surface area contributed by atoms with E-state index in [4.69, 9.17) is 19.9 Å². The maximum Gasteiger partial charge on any atom is 0.408 e. The minimum Gasteiger partial charge on any atom is -0.461 e. The van der Waals surface area contributed by atoms with E-state index in [0.717, 1.165) is 5.56 Å². The topological polar surface area (TPSA) is 163 Å². The second-order valence-corrected chi connectivity index (χ2v) is 9.67. The van der Waals surface area contributed by atoms with Gasteiger partial charge in [0, 0.05) is 12.8 Å². The lowest BCUT2D eigenvalue weighted by molar-refractivity contribution is -0.145. The Hall–Kier alpha value is -4.41. The molecule has 4 N–H and O–H groups in total. The maximum absolute atomic E-state index is 13.0. The molecule has 2 aromatic rings. The molecule has 0 aromatic heterocycles. The predicted molar refractivity (Wildman–Crippen MR) is 141 cm³/mol. The molecule has 0 radical (unpaired) electrons. The number of carbonyl (C=O) groups is 5. The summed E-state index contributed by atoms with van der Waals surface area (Å²) < 4.78 is 15.6. The average Bonchev–Trinajstić information content (AvgIpc) is 2.87. The van der Waals surface area contributed by atoms with E-state index in [1.54, 1.807) is 63.2 Å². The maximum atomic E-state index is 13.0. The van der Waals surface area contributed by atoms with Crippen molar-refractivity contribution in [1.29, 1.82) is 0 Å². The molecular formula is C28H35N3O8. The molecular weight excluding hydrogens is 506 g/mol. The Morgan fingerprint density at radius 2 is 1.36 bits per heavy atom. The van der Waals surface area contributed by atoms with Crippen LogP contribution >= 0.6 is 0 Å². The van der Waals surface area contributed by atoms with Crippen molar-refractivity contribution in [2.75, 3.05) is 0 Å². The number of hydrogen-bond donors (Lipinski definition) is 3. The van der Waals surface area contributed by atoms with E-state index in [1.165, 1.54) is 0 Å². The molecule has 0 heterocycles. The van der Waals surface area contributed by atoms with Gasteiger partial charge in [-0.15, -0.1) is 0 Å². The number of carbonyl (C=O) groups excluding carboxylic acids is 5. The molecule has 0 saturated carbocycles. The molecule has 0 bridgehead atoms. The fraction of sp³-hybridized carbons (Fsp3) is 0.393. The van der Waals surface area contributed by atoms with Gasteiger partial charge < -0.3 is 30.6 Å². The first-order valence-corrected chi connectivity index (χ1v) is 12.5. The number of amides is 3. The van der Waals surface area contributed by atoms with Gasteiger partial charge in [-0.2, -0.15) is 0 Å². The Bertz CT molecular complexity index is 1120. The molecule has 2 unspecified atom stereocenters. The van der Waals surface area contributed by atoms with Crippen molar-refractivity contribution in [3.8, 4) is 5.75 Å². The summed E-state index contributed by atoms with van der Waals surface area (Å²) >= 11 is 0. The lowest BCUT2D eigenvalue weighted by atomic mass is 10.1. The molecule has 11 nitrogen and oxygen atoms in total. The number of esters is 2. The van der Waals surface area contributed by atoms with Gasteiger partial charge in [0.2, 0.25) is 11.8 Å². The highest BCUT2D eigenvalue weighted by Crippen LogP contribution is 2.12. The van der Waals surface area contributed by atoms with Crippen LogP contribution in [0.3, 0.4) is 0 Å². The van der Waals surface area contributed by atoms with Crippen LogP contribution in [0.4, 0.5) is 4.79 Å². The van der Waals surface area contributed by atoms with Crippen LogP contribution in [0.5, 0.6) is 5.75 Å². The predicted octanol–water partition coefficient (Wildman–Crippen LogP) is 2.76. The first kappa shape index (κ1) is 30.8. The second kappa shape index (κ2) is 15.1. The average molecular weight is 542 g/mol. The molecule has 2 atom stereocenters. The summed E-state index contributed by atoms with van der Waals surface area (Å²) in [6.07, 6.45) is -1.57. The van der Waals surface area contributed by atoms with Gasteiger partial charge in [0.25, 0.3) is 0 Å². The highest BCUT2D eigenvalue weighted by atomic mass is 16.6. The number of benzene rings is 2. The van der Waals surface area contributed by atoms with Gasteiger partial charge in [-0.05, 0) is 51.3 Å². The van der Waals surface area contributed by atoms with Crippen LogP contribution in [0.15, 0.2) is 60.7 Å². The highest BCUT2D eigenvalue weighted by Gasteiger charge is 2.28. The summed E-state index contributed by atoms with van der Waals surface area (Å²) in [5, 5.41) is 4.86. The molecule has 0 fully saturated rings. The minimum atomic E-state index is -1.25. The quantitative estimate of drug-likeness (QED) is 0.257. The van der Waals surface area contributed by atoms with Gasteiger partial charge in [-0.1, -0.05) is 48.5 Å². The lowest BCUT2D eigenvalue weighted by Gasteiger charge is -2.24. The third-order valence-corrected chi connectivity index (χ3v) is 5.16. The van der Waals surface area contributed by atoms with Crippen molar-refractivity contribution in [2.45, 2.75) is 70.7 Å². The standard InChI is InChI=1S/C28H35N3O8/c1-28(2,3)39-27(36)31-22(15-16-23(32)37-18-19-10-6-4-7-11-19)26(35)30-21(25(29)34)14-17-24(33)38-20-12-8-5-9-13-20/h4-13,21-22H,14-18H2,1-3H3,(H2,29,34)(H,30,35)(H,31,36). The number of primary amides is 1. The number of para-hydroxylation sites is 1. The molecule has 3 amide bonds. The highest BCUT2D eigenvalue weighted by molar-refractivity contribution is 5.91. The Morgan fingerprint density at radius 3 is 1.95 bits per heavy atom. The number of rotatable bonds is 13. The van der Waals surface area contributed by atoms with Crippen LogP contribution in [-0.4, -0.2) is 47.5 Å². The molecule has 210 valence electrons. The number of ether oxygens (including phenoxy) is 3. The van der Waals surface area contributed by atoms with E-state index in [0.29, 0.717) is 5.75 Å². The number of nitrogens with two attached hydrogens (primary N) is 1. The zero-order valence-corrected chi connectivity index (χ0v) is 22.3. The van der Waals surface area contributed by atoms with Gasteiger partial charge in [-0.3, -0.25) is 19.2 Å². The van der Waals surface area contributed by atoms with E-state index in [2.05, 4.69) is 10.6 Å². The summed E-state index contributed by atoms with van der Waals surface area (Å²) in [6, 6.07) is 14.9. The van der Waals surface area contributed by atoms with Gasteiger partial charge in [0.05, 0.1) is 0 Å². The summed E-state index contributed by atoms with van der Waals surface area (Å²) in [5.41, 5.74) is 5.39. The van der Waals surface area contributed by atoms with Crippen molar-refractivity contribution in [1.82, 2.24) is 10.6 Å². The fourth-order valence-corrected chi connectivity index (χ4v) is 3.28. The Morgan fingerprint density at radius 1 is 0.795 bits per heavy atom. The summed E-state index contributed by atoms with van der Waals surface area (Å²) in [4.78, 5) is 61.8. The SMILES string of the molecule is CC(C)(C)OC(=O)NC(CCC(=O)OCc1ccccc1)C(=O)NC(CCC(=O)Oc1ccccc1)C(N)=O. The van der Waals surface area contributed by atoms with Gasteiger partial charge in [0.15, 0.2) is 0 Å². The summed E-state index contributed by atoms with van der Waals surface area (Å²) in [5.74, 6) is -2.53. The van der Waals surface area contributed by atoms with Gasteiger partial charge in [0.1, 0.15) is 30.0 Å². The van der Waals surface area contributed by atoms with E-state index >= 15 is 0 Å². The van der Waals surface area contributed by atoms with Crippen LogP contribution in [0.1, 0.15) is 52.0 Å². The molecule has 0 spiro atoms. The second-order valence-electron chi connectivity index (χ2n) is 9.67. The van der Waals surface area contributed by atoms with E-state index in [1.807, 2.05) is 18.2 Å². The lowest BCUT2D eigenvalue weighted by Crippen LogP contribution is -2.53. The van der Waals surface area contributed by atoms with Crippen molar-refractivity contribution in [3.63, 3.8) is 0 Å². The van der Waals surface area contributed by atoms with Crippen molar-refractivity contribution in [3.05, 3.63) is 66.2 Å². The Labute approximate surface area is 227 Å². The first-order chi connectivity index (χ1) is 18.4. The number of alkyl carbamates (subject to hydrolysis) is 1. The van der Waals surface area contributed by atoms with E-state index in [9.17, 15) is 24.0 Å². The normalized spacial score (nSPS) is 12.4. The van der Waals surface area contributed by atoms with Crippen molar-refractivity contribution >= 4 is 29.8 Å². The van der Waals surface area contributed by atoms with Crippen LogP contribution in [0.25, 0.3) is 0 Å². The van der Waals surface area contributed by atoms with Crippen LogP contribution in [0, 0.1) is 0 Å². The first-order valence-electron chi connectivity index (χ1n) is 12.5. The third kappa shape index (κ3) is 12.6. The van der Waals surface area contributed by atoms with Gasteiger partial charge >= 0.3 is 18.0 Å². The Kier molecular flexibility index (Phi) is 11.9. The Balaban J connectivity index is 1.98. The molecule has 2 aromatic carbocycles. The molecule has 39 heavy (non-hydrogen) atoms. The largest absolute Gasteiger partial charge is 0.461 e. The molecule has 0 saturated heterocycles. The van der Waals surface area contributed by atoms with Gasteiger partial charge in [-0.25, -0.2) is 4.79 Å². The van der Waals surface area contributed by atoms with Crippen LogP contribution < -0.4 is 21.1 Å². The molecule has 2 rings (SSSR count). The molecule has 11 heteroatoms. The zero-order valence-electron chi connectivity index (χ0n) is 22.3. The van der Waals surface area contributed by atoms with E-state index in [-0.39, 0.29) is 32.3 Å². The summed E-state index contributed by atoms with van der Waals surface area (Å²) in [7, 11) is 0. The van der Waals surface area contributed by atoms with Crippen molar-refractivity contribution < 1.29 is 38.2 Å². The monoisotopic (exact) mass is 541 g/mol. The minimum absolute atomic E-state index is 0.0544.